The summed E-state index contributed by atoms with van der Waals surface area (Å²) in [5, 5.41) is 0.468. The maximum atomic E-state index is 15.3. The Morgan fingerprint density at radius 1 is 1.02 bits per heavy atom. The molecule has 0 radical (unpaired) electrons. The van der Waals surface area contributed by atoms with Crippen molar-refractivity contribution in [3.8, 4) is 11.1 Å². The molecule has 7 rings (SSSR count). The smallest absolute Gasteiger partial charge is 0.151 e. The van der Waals surface area contributed by atoms with Gasteiger partial charge in [0.25, 0.3) is 0 Å². The summed E-state index contributed by atoms with van der Waals surface area (Å²) in [6.45, 7) is 10.8. The van der Waals surface area contributed by atoms with Crippen molar-refractivity contribution in [1.82, 2.24) is 29.3 Å². The van der Waals surface area contributed by atoms with Crippen molar-refractivity contribution < 1.29 is 13.5 Å². The quantitative estimate of drug-likeness (QED) is 0.267. The lowest BCUT2D eigenvalue weighted by Gasteiger charge is -2.45. The van der Waals surface area contributed by atoms with Gasteiger partial charge in [-0.25, -0.2) is 23.7 Å². The van der Waals surface area contributed by atoms with Crippen LogP contribution in [-0.4, -0.2) is 74.8 Å². The van der Waals surface area contributed by atoms with E-state index in [1.165, 1.54) is 25.0 Å². The van der Waals surface area contributed by atoms with Crippen LogP contribution in [0.5, 0.6) is 0 Å². The number of pyridine rings is 2. The molecule has 1 saturated carbocycles. The minimum absolute atomic E-state index is 0.114. The number of nitrogens with two attached hydrogens (primary N) is 1. The Morgan fingerprint density at radius 3 is 2.52 bits per heavy atom. The van der Waals surface area contributed by atoms with Crippen molar-refractivity contribution in [2.24, 2.45) is 11.8 Å². The third-order valence-electron chi connectivity index (χ3n) is 9.77. The molecule has 2 saturated heterocycles. The summed E-state index contributed by atoms with van der Waals surface area (Å²) in [5.41, 5.74) is 9.29. The van der Waals surface area contributed by atoms with Crippen molar-refractivity contribution in [3.63, 3.8) is 0 Å². The van der Waals surface area contributed by atoms with Gasteiger partial charge in [-0.2, -0.15) is 0 Å². The number of piperidine rings is 1. The van der Waals surface area contributed by atoms with E-state index in [1.54, 1.807) is 6.07 Å². The number of hydrogen-bond donors (Lipinski definition) is 1. The van der Waals surface area contributed by atoms with Crippen LogP contribution in [0.3, 0.4) is 0 Å². The van der Waals surface area contributed by atoms with Crippen LogP contribution in [-0.2, 0) is 17.7 Å². The van der Waals surface area contributed by atoms with Gasteiger partial charge < -0.3 is 15.0 Å². The number of nitrogen functional groups attached to an aromatic ring is 1. The van der Waals surface area contributed by atoms with Crippen LogP contribution in [0.2, 0.25) is 5.15 Å². The first-order chi connectivity index (χ1) is 21.2. The lowest BCUT2D eigenvalue weighted by Crippen LogP contribution is -2.55. The number of ether oxygens (including phenoxy) is 1. The highest BCUT2D eigenvalue weighted by Crippen LogP contribution is 2.41. The molecular formula is C33H38ClF2N7O. The highest BCUT2D eigenvalue weighted by Gasteiger charge is 2.44. The zero-order valence-corrected chi connectivity index (χ0v) is 25.9. The van der Waals surface area contributed by atoms with Crippen LogP contribution in [0.1, 0.15) is 42.8 Å². The first-order valence-electron chi connectivity index (χ1n) is 15.5. The minimum Gasteiger partial charge on any atom is -0.384 e. The van der Waals surface area contributed by atoms with Crippen LogP contribution in [0.4, 0.5) is 14.6 Å². The maximum absolute atomic E-state index is 15.3. The van der Waals surface area contributed by atoms with E-state index in [0.717, 1.165) is 63.3 Å². The van der Waals surface area contributed by atoms with Crippen LogP contribution in [0, 0.1) is 30.4 Å². The third-order valence-corrected chi connectivity index (χ3v) is 10.1. The predicted octanol–water partition coefficient (Wildman–Crippen LogP) is 5.66. The topological polar surface area (TPSA) is 85.3 Å². The average molecular weight is 622 g/mol. The Morgan fingerprint density at radius 2 is 1.77 bits per heavy atom. The third kappa shape index (κ3) is 5.57. The number of anilines is 1. The second kappa shape index (κ2) is 12.0. The van der Waals surface area contributed by atoms with Crippen molar-refractivity contribution >= 4 is 28.5 Å². The molecule has 44 heavy (non-hydrogen) atoms. The van der Waals surface area contributed by atoms with Gasteiger partial charge in [-0.3, -0.25) is 9.80 Å². The molecule has 3 fully saturated rings. The Balaban J connectivity index is 1.11. The molecule has 3 aromatic heterocycles. The highest BCUT2D eigenvalue weighted by atomic mass is 35.5. The number of hydrogen-bond acceptors (Lipinski definition) is 7. The molecular weight excluding hydrogens is 584 g/mol. The van der Waals surface area contributed by atoms with Gasteiger partial charge in [0.15, 0.2) is 5.82 Å². The molecule has 4 aromatic rings. The Bertz CT molecular complexity index is 1680. The monoisotopic (exact) mass is 621 g/mol. The molecule has 1 aliphatic carbocycles. The maximum Gasteiger partial charge on any atom is 0.151 e. The molecule has 232 valence electrons. The van der Waals surface area contributed by atoms with E-state index in [4.69, 9.17) is 22.1 Å². The van der Waals surface area contributed by atoms with Crippen molar-refractivity contribution in [2.75, 3.05) is 45.1 Å². The van der Waals surface area contributed by atoms with Crippen molar-refractivity contribution in [3.05, 3.63) is 70.4 Å². The van der Waals surface area contributed by atoms with E-state index in [9.17, 15) is 4.39 Å². The summed E-state index contributed by atoms with van der Waals surface area (Å²) in [7, 11) is 0. The molecule has 3 atom stereocenters. The average Bonchev–Trinajstić information content (AvgIpc) is 3.49. The molecule has 0 spiro atoms. The van der Waals surface area contributed by atoms with E-state index in [0.29, 0.717) is 46.4 Å². The molecule has 8 nitrogen and oxygen atoms in total. The van der Waals surface area contributed by atoms with Crippen molar-refractivity contribution in [2.45, 2.75) is 51.7 Å². The van der Waals surface area contributed by atoms with E-state index < -0.39 is 11.6 Å². The molecule has 11 heteroatoms. The van der Waals surface area contributed by atoms with E-state index in [2.05, 4.69) is 37.7 Å². The fraction of sp³-hybridized carbons (Fsp3) is 0.485. The molecule has 3 unspecified atom stereocenters. The predicted molar refractivity (Wildman–Crippen MR) is 167 cm³/mol. The molecule has 5 heterocycles. The van der Waals surface area contributed by atoms with Gasteiger partial charge in [-0.1, -0.05) is 11.6 Å². The normalized spacial score (nSPS) is 23.4. The molecule has 1 aromatic carbocycles. The summed E-state index contributed by atoms with van der Waals surface area (Å²) in [5.74, 6) is 1.14. The molecule has 2 bridgehead atoms. The summed E-state index contributed by atoms with van der Waals surface area (Å²) in [4.78, 5) is 18.1. The van der Waals surface area contributed by atoms with E-state index >= 15 is 4.39 Å². The number of halogens is 3. The van der Waals surface area contributed by atoms with Crippen LogP contribution >= 0.6 is 11.6 Å². The number of benzene rings is 1. The van der Waals surface area contributed by atoms with Gasteiger partial charge >= 0.3 is 0 Å². The minimum atomic E-state index is -0.568. The van der Waals surface area contributed by atoms with Crippen LogP contribution in [0.15, 0.2) is 36.7 Å². The lowest BCUT2D eigenvalue weighted by molar-refractivity contribution is -0.0256. The Labute approximate surface area is 261 Å². The Kier molecular flexibility index (Phi) is 8.03. The van der Waals surface area contributed by atoms with Gasteiger partial charge in [-0.05, 0) is 85.9 Å². The van der Waals surface area contributed by atoms with Gasteiger partial charge in [0.2, 0.25) is 0 Å². The van der Waals surface area contributed by atoms with Gasteiger partial charge in [0.1, 0.15) is 28.1 Å². The molecule has 2 N–H and O–H groups in total. The fourth-order valence-electron chi connectivity index (χ4n) is 7.99. The summed E-state index contributed by atoms with van der Waals surface area (Å²) in [6.07, 6.45) is 6.12. The van der Waals surface area contributed by atoms with E-state index in [-0.39, 0.29) is 22.9 Å². The SMILES string of the molecule is Cc1nc2c(F)cc(-c3cc(N)ncc3F)cc2n1C(C)Cc1cc(CN2CC3CCC(C2)C3N2CCOCC2)cnc1Cl. The number of likely N-dealkylation sites (tertiary alicyclic amines) is 1. The number of nitrogens with zero attached hydrogens (tertiary/aromatic N) is 6. The molecule has 2 aliphatic heterocycles. The summed E-state index contributed by atoms with van der Waals surface area (Å²) >= 11 is 6.64. The number of morpholine rings is 1. The largest absolute Gasteiger partial charge is 0.384 e. The summed E-state index contributed by atoms with van der Waals surface area (Å²) < 4.78 is 37.5. The standard InChI is InChI=1S/C33H38ClF2N7O/c1-19(43-20(2)40-31-27(35)11-24(12-29(31)43)26-13-30(37)38-15-28(26)36)9-25-10-21(14-39-33(25)34)16-41-17-22-3-4-23(18-41)32(22)42-5-7-44-8-6-42/h10-15,19,22-23,32H,3-9,16-18H2,1-2H3,(H2,37,38). The van der Waals surface area contributed by atoms with Gasteiger partial charge in [-0.15, -0.1) is 0 Å². The van der Waals surface area contributed by atoms with E-state index in [1.807, 2.05) is 17.7 Å². The Hall–Kier alpha value is -3.18. The number of aromatic nitrogens is 4. The number of rotatable bonds is 7. The van der Waals surface area contributed by atoms with Crippen molar-refractivity contribution in [1.29, 1.82) is 0 Å². The number of aryl methyl sites for hydroxylation is 1. The zero-order chi connectivity index (χ0) is 30.5. The number of fused-ring (bicyclic) bond motifs is 3. The second-order valence-corrected chi connectivity index (χ2v) is 13.1. The van der Waals surface area contributed by atoms with Gasteiger partial charge in [0.05, 0.1) is 24.9 Å². The first kappa shape index (κ1) is 29.5. The number of imidazole rings is 1. The van der Waals surface area contributed by atoms with Gasteiger partial charge in [0, 0.05) is 56.6 Å². The van der Waals surface area contributed by atoms with Crippen LogP contribution < -0.4 is 5.73 Å². The molecule has 3 aliphatic rings. The zero-order valence-electron chi connectivity index (χ0n) is 25.1. The van der Waals surface area contributed by atoms with Crippen LogP contribution in [0.25, 0.3) is 22.2 Å². The second-order valence-electron chi connectivity index (χ2n) is 12.7. The first-order valence-corrected chi connectivity index (χ1v) is 15.9. The highest BCUT2D eigenvalue weighted by molar-refractivity contribution is 6.30. The lowest BCUT2D eigenvalue weighted by atomic mass is 9.90. The summed E-state index contributed by atoms with van der Waals surface area (Å²) in [6, 6.07) is 7.20. The fourth-order valence-corrected chi connectivity index (χ4v) is 8.17. The molecule has 0 amide bonds.